The highest BCUT2D eigenvalue weighted by molar-refractivity contribution is 6.13. The molecular weight excluding hydrogens is 438 g/mol. The number of Topliss-reactive ketones (excluding diaryl/α,β-unsaturated/α-hetero) is 2. The van der Waals surface area contributed by atoms with E-state index >= 15 is 0 Å². The average molecular weight is 464 g/mol. The Balaban J connectivity index is 1.43. The molecule has 35 heavy (non-hydrogen) atoms. The average Bonchev–Trinajstić information content (AvgIpc) is 3.35. The third kappa shape index (κ3) is 5.24. The van der Waals surface area contributed by atoms with Crippen LogP contribution in [-0.2, 0) is 13.0 Å². The second kappa shape index (κ2) is 9.85. The summed E-state index contributed by atoms with van der Waals surface area (Å²) >= 11 is 0. The molecule has 1 aliphatic rings. The number of hydrogen-bond acceptors (Lipinski definition) is 6. The van der Waals surface area contributed by atoms with E-state index in [0.717, 1.165) is 33.8 Å². The van der Waals surface area contributed by atoms with Gasteiger partial charge >= 0.3 is 0 Å². The van der Waals surface area contributed by atoms with Crippen LogP contribution in [0.4, 0.5) is 5.82 Å². The lowest BCUT2D eigenvalue weighted by atomic mass is 9.95. The third-order valence-corrected chi connectivity index (χ3v) is 5.98. The minimum Gasteiger partial charge on any atom is -0.345 e. The molecule has 0 amide bonds. The molecule has 0 unspecified atom stereocenters. The van der Waals surface area contributed by atoms with E-state index in [0.29, 0.717) is 30.8 Å². The summed E-state index contributed by atoms with van der Waals surface area (Å²) in [7, 11) is 0. The molecule has 3 heterocycles. The van der Waals surface area contributed by atoms with Crippen molar-refractivity contribution in [3.8, 4) is 0 Å². The molecule has 0 fully saturated rings. The predicted octanol–water partition coefficient (Wildman–Crippen LogP) is 4.59. The first-order valence-electron chi connectivity index (χ1n) is 11.5. The normalized spacial score (nSPS) is 12.4. The van der Waals surface area contributed by atoms with Gasteiger partial charge in [0.1, 0.15) is 11.4 Å². The van der Waals surface area contributed by atoms with Crippen molar-refractivity contribution >= 4 is 23.5 Å². The largest absolute Gasteiger partial charge is 0.345 e. The van der Waals surface area contributed by atoms with Gasteiger partial charge in [0, 0.05) is 24.8 Å². The Morgan fingerprint density at radius 1 is 0.943 bits per heavy atom. The number of benzene rings is 2. The third-order valence-electron chi connectivity index (χ3n) is 5.98. The number of rotatable bonds is 8. The summed E-state index contributed by atoms with van der Waals surface area (Å²) in [4.78, 5) is 32.2. The van der Waals surface area contributed by atoms with Crippen LogP contribution in [0.5, 0.6) is 0 Å². The summed E-state index contributed by atoms with van der Waals surface area (Å²) in [6, 6.07) is 19.6. The number of carbonyl (C=O) groups excluding carboxylic acids is 2. The number of aromatic nitrogens is 4. The SMILES string of the molecule is Cc1ccnc(C(=O)CC(=O)c2cc(Cc3ccccc3)cc(CN3CC=Cc4n[nH]nc43)c2)c1. The number of pyridine rings is 1. The zero-order chi connectivity index (χ0) is 24.2. The van der Waals surface area contributed by atoms with Crippen LogP contribution in [0.25, 0.3) is 6.08 Å². The van der Waals surface area contributed by atoms with Gasteiger partial charge in [0.2, 0.25) is 0 Å². The number of aryl methyl sites for hydroxylation is 1. The zero-order valence-electron chi connectivity index (χ0n) is 19.4. The van der Waals surface area contributed by atoms with E-state index in [2.05, 4.69) is 43.5 Å². The number of aromatic amines is 1. The van der Waals surface area contributed by atoms with Crippen molar-refractivity contribution in [1.82, 2.24) is 20.4 Å². The van der Waals surface area contributed by atoms with Crippen LogP contribution in [0.1, 0.15) is 55.2 Å². The van der Waals surface area contributed by atoms with Gasteiger partial charge in [-0.2, -0.15) is 10.3 Å². The number of ketones is 2. The standard InChI is InChI=1S/C28H25N5O2/c1-19-9-10-29-25(12-19)27(35)17-26(34)23-15-21(13-20-6-3-2-4-7-20)14-22(16-23)18-33-11-5-8-24-28(33)31-32-30-24/h2-10,12,14-16H,11,13,17-18H2,1H3,(H,30,31,32). The Bertz CT molecular complexity index is 1410. The van der Waals surface area contributed by atoms with Gasteiger partial charge in [0.25, 0.3) is 0 Å². The van der Waals surface area contributed by atoms with Crippen molar-refractivity contribution in [2.45, 2.75) is 26.3 Å². The first-order valence-corrected chi connectivity index (χ1v) is 11.5. The van der Waals surface area contributed by atoms with Crippen molar-refractivity contribution in [2.75, 3.05) is 11.4 Å². The van der Waals surface area contributed by atoms with Gasteiger partial charge in [-0.15, -0.1) is 5.10 Å². The molecule has 0 bridgehead atoms. The molecule has 1 aliphatic heterocycles. The van der Waals surface area contributed by atoms with Crippen LogP contribution in [0, 0.1) is 6.92 Å². The summed E-state index contributed by atoms with van der Waals surface area (Å²) in [6.07, 6.45) is 6.05. The molecule has 7 nitrogen and oxygen atoms in total. The van der Waals surface area contributed by atoms with Gasteiger partial charge in [-0.3, -0.25) is 14.6 Å². The predicted molar refractivity (Wildman–Crippen MR) is 134 cm³/mol. The van der Waals surface area contributed by atoms with Crippen LogP contribution in [0.2, 0.25) is 0 Å². The zero-order valence-corrected chi connectivity index (χ0v) is 19.4. The lowest BCUT2D eigenvalue weighted by Gasteiger charge is -2.24. The highest BCUT2D eigenvalue weighted by Crippen LogP contribution is 2.24. The molecule has 7 heteroatoms. The minimum atomic E-state index is -0.276. The molecular formula is C28H25N5O2. The lowest BCUT2D eigenvalue weighted by Crippen LogP contribution is -2.26. The summed E-state index contributed by atoms with van der Waals surface area (Å²) < 4.78 is 0. The van der Waals surface area contributed by atoms with Crippen LogP contribution in [0.3, 0.4) is 0 Å². The molecule has 5 rings (SSSR count). The van der Waals surface area contributed by atoms with E-state index in [9.17, 15) is 9.59 Å². The molecule has 0 radical (unpaired) electrons. The Morgan fingerprint density at radius 2 is 1.77 bits per heavy atom. The van der Waals surface area contributed by atoms with Crippen molar-refractivity contribution in [2.24, 2.45) is 0 Å². The van der Waals surface area contributed by atoms with Gasteiger partial charge in [-0.05, 0) is 65.9 Å². The van der Waals surface area contributed by atoms with Crippen LogP contribution < -0.4 is 4.90 Å². The van der Waals surface area contributed by atoms with Crippen LogP contribution >= 0.6 is 0 Å². The van der Waals surface area contributed by atoms with Crippen molar-refractivity contribution in [1.29, 1.82) is 0 Å². The molecule has 0 saturated carbocycles. The van der Waals surface area contributed by atoms with Gasteiger partial charge in [0.05, 0.1) is 6.42 Å². The maximum absolute atomic E-state index is 13.2. The van der Waals surface area contributed by atoms with E-state index in [1.165, 1.54) is 0 Å². The number of hydrogen-bond donors (Lipinski definition) is 1. The Labute approximate surface area is 203 Å². The van der Waals surface area contributed by atoms with E-state index < -0.39 is 0 Å². The van der Waals surface area contributed by atoms with E-state index in [4.69, 9.17) is 0 Å². The van der Waals surface area contributed by atoms with Crippen molar-refractivity contribution in [3.63, 3.8) is 0 Å². The van der Waals surface area contributed by atoms with E-state index in [1.807, 2.05) is 55.5 Å². The first-order chi connectivity index (χ1) is 17.0. The van der Waals surface area contributed by atoms with E-state index in [-0.39, 0.29) is 18.0 Å². The molecule has 2 aromatic heterocycles. The smallest absolute Gasteiger partial charge is 0.188 e. The lowest BCUT2D eigenvalue weighted by molar-refractivity contribution is 0.0891. The number of anilines is 1. The fraction of sp³-hybridized carbons (Fsp3) is 0.179. The molecule has 1 N–H and O–H groups in total. The van der Waals surface area contributed by atoms with Gasteiger partial charge < -0.3 is 4.90 Å². The van der Waals surface area contributed by atoms with Crippen molar-refractivity contribution in [3.05, 3.63) is 112 Å². The van der Waals surface area contributed by atoms with Crippen molar-refractivity contribution < 1.29 is 9.59 Å². The molecule has 0 saturated heterocycles. The number of nitrogens with one attached hydrogen (secondary N) is 1. The molecule has 174 valence electrons. The second-order valence-corrected chi connectivity index (χ2v) is 8.76. The Morgan fingerprint density at radius 3 is 2.60 bits per heavy atom. The van der Waals surface area contributed by atoms with Gasteiger partial charge in [-0.25, -0.2) is 0 Å². The molecule has 0 spiro atoms. The highest BCUT2D eigenvalue weighted by atomic mass is 16.1. The van der Waals surface area contributed by atoms with E-state index in [1.54, 1.807) is 12.3 Å². The fourth-order valence-electron chi connectivity index (χ4n) is 4.29. The number of fused-ring (bicyclic) bond motifs is 1. The van der Waals surface area contributed by atoms with Crippen LogP contribution in [0.15, 0.2) is 72.9 Å². The second-order valence-electron chi connectivity index (χ2n) is 8.76. The summed E-state index contributed by atoms with van der Waals surface area (Å²) in [5.74, 6) is 0.298. The first kappa shape index (κ1) is 22.4. The molecule has 2 aromatic carbocycles. The summed E-state index contributed by atoms with van der Waals surface area (Å²) in [6.45, 7) is 3.17. The maximum atomic E-state index is 13.2. The summed E-state index contributed by atoms with van der Waals surface area (Å²) in [5.41, 5.74) is 5.73. The van der Waals surface area contributed by atoms with Gasteiger partial charge in [0.15, 0.2) is 17.4 Å². The van der Waals surface area contributed by atoms with Gasteiger partial charge in [-0.1, -0.05) is 42.5 Å². The number of carbonyl (C=O) groups is 2. The highest BCUT2D eigenvalue weighted by Gasteiger charge is 2.20. The maximum Gasteiger partial charge on any atom is 0.188 e. The molecule has 0 atom stereocenters. The monoisotopic (exact) mass is 463 g/mol. The molecule has 0 aliphatic carbocycles. The number of nitrogens with zero attached hydrogens (tertiary/aromatic N) is 4. The molecule has 4 aromatic rings. The summed E-state index contributed by atoms with van der Waals surface area (Å²) in [5, 5.41) is 11.1. The quantitative estimate of drug-likeness (QED) is 0.304. The minimum absolute atomic E-state index is 0.213. The Kier molecular flexibility index (Phi) is 6.30. The Hall–Kier alpha value is -4.39. The fourth-order valence-corrected chi connectivity index (χ4v) is 4.29. The number of H-pyrrole nitrogens is 1. The van der Waals surface area contributed by atoms with Crippen LogP contribution in [-0.4, -0.2) is 38.5 Å². The topological polar surface area (TPSA) is 91.8 Å².